The molecule has 5 aromatic rings. The van der Waals surface area contributed by atoms with Crippen molar-refractivity contribution in [1.29, 1.82) is 0 Å². The van der Waals surface area contributed by atoms with E-state index in [-0.39, 0.29) is 17.2 Å². The molecule has 198 valence electrons. The molecular weight excluding hydrogens is 545 g/mol. The number of para-hydroxylation sites is 1. The predicted molar refractivity (Wildman–Crippen MR) is 165 cm³/mol. The Labute approximate surface area is 240 Å². The summed E-state index contributed by atoms with van der Waals surface area (Å²) in [5.74, 6) is -0.0712. The summed E-state index contributed by atoms with van der Waals surface area (Å²) in [5, 5.41) is 3.44. The van der Waals surface area contributed by atoms with Gasteiger partial charge in [0.1, 0.15) is 4.70 Å². The van der Waals surface area contributed by atoms with Crippen molar-refractivity contribution in [2.45, 2.75) is 39.3 Å². The van der Waals surface area contributed by atoms with Gasteiger partial charge in [-0.2, -0.15) is 0 Å². The average molecular weight is 573 g/mol. The van der Waals surface area contributed by atoms with E-state index in [0.717, 1.165) is 34.5 Å². The molecule has 0 bridgehead atoms. The zero-order valence-electron chi connectivity index (χ0n) is 22.1. The fourth-order valence-corrected chi connectivity index (χ4v) is 6.42. The van der Waals surface area contributed by atoms with E-state index in [9.17, 15) is 9.59 Å². The lowest BCUT2D eigenvalue weighted by Crippen LogP contribution is -2.23. The molecule has 3 aromatic carbocycles. The average Bonchev–Trinajstić information content (AvgIpc) is 3.26. The summed E-state index contributed by atoms with van der Waals surface area (Å²) in [6.07, 6.45) is 0.814. The predicted octanol–water partition coefficient (Wildman–Crippen LogP) is 7.19. The van der Waals surface area contributed by atoms with Gasteiger partial charge in [-0.25, -0.2) is 4.98 Å². The van der Waals surface area contributed by atoms with Crippen molar-refractivity contribution in [1.82, 2.24) is 14.1 Å². The number of carbonyl (C=O) groups excluding carboxylic acids is 1. The first-order chi connectivity index (χ1) is 18.8. The number of fused-ring (bicyclic) bond motifs is 1. The molecule has 0 aliphatic heterocycles. The number of thioether (sulfide) groups is 1. The van der Waals surface area contributed by atoms with Crippen molar-refractivity contribution in [3.05, 3.63) is 103 Å². The Balaban J connectivity index is 1.60. The SMILES string of the molecule is CCc1ccccc1NC(=O)CSc1nc2c(sc(=S)n2-c2ccc(C)c(C)c2)c(=O)n1-c1ccc(C)cc1. The maximum absolute atomic E-state index is 13.9. The van der Waals surface area contributed by atoms with Gasteiger partial charge in [0.15, 0.2) is 14.8 Å². The Bertz CT molecular complexity index is 1820. The van der Waals surface area contributed by atoms with E-state index < -0.39 is 0 Å². The Morgan fingerprint density at radius 1 is 0.974 bits per heavy atom. The van der Waals surface area contributed by atoms with Gasteiger partial charge in [0.25, 0.3) is 5.56 Å². The standard InChI is InChI=1S/C30H28N4O2S3/c1-5-21-8-6-7-9-24(21)31-25(35)17-38-29-32-27-26(28(36)34(29)22-13-10-18(2)11-14-22)39-30(37)33(27)23-15-12-19(3)20(4)16-23/h6-16H,5,17H2,1-4H3,(H,31,35). The molecule has 0 atom stereocenters. The normalized spacial score (nSPS) is 11.2. The van der Waals surface area contributed by atoms with Crippen molar-refractivity contribution in [2.75, 3.05) is 11.1 Å². The third-order valence-corrected chi connectivity index (χ3v) is 8.91. The summed E-state index contributed by atoms with van der Waals surface area (Å²) in [4.78, 5) is 31.9. The minimum absolute atomic E-state index is 0.0936. The number of anilines is 1. The third-order valence-electron chi connectivity index (χ3n) is 6.62. The first-order valence-corrected chi connectivity index (χ1v) is 14.8. The molecule has 1 amide bonds. The lowest BCUT2D eigenvalue weighted by Gasteiger charge is -2.14. The van der Waals surface area contributed by atoms with Gasteiger partial charge in [0.05, 0.1) is 11.4 Å². The lowest BCUT2D eigenvalue weighted by atomic mass is 10.1. The first-order valence-electron chi connectivity index (χ1n) is 12.6. The van der Waals surface area contributed by atoms with Crippen LogP contribution in [0.5, 0.6) is 0 Å². The summed E-state index contributed by atoms with van der Waals surface area (Å²) < 4.78 is 4.45. The van der Waals surface area contributed by atoms with Crippen molar-refractivity contribution in [3.8, 4) is 11.4 Å². The lowest BCUT2D eigenvalue weighted by molar-refractivity contribution is -0.113. The van der Waals surface area contributed by atoms with Crippen molar-refractivity contribution >= 4 is 57.3 Å². The zero-order valence-corrected chi connectivity index (χ0v) is 24.6. The number of benzene rings is 3. The fourth-order valence-electron chi connectivity index (χ4n) is 4.31. The number of hydrogen-bond donors (Lipinski definition) is 1. The maximum Gasteiger partial charge on any atom is 0.278 e. The van der Waals surface area contributed by atoms with Gasteiger partial charge >= 0.3 is 0 Å². The van der Waals surface area contributed by atoms with Gasteiger partial charge in [0.2, 0.25) is 5.91 Å². The Morgan fingerprint density at radius 3 is 2.41 bits per heavy atom. The molecule has 2 aromatic heterocycles. The van der Waals surface area contributed by atoms with Gasteiger partial charge in [-0.1, -0.05) is 72.0 Å². The minimum atomic E-state index is -0.207. The summed E-state index contributed by atoms with van der Waals surface area (Å²) in [6.45, 7) is 8.16. The highest BCUT2D eigenvalue weighted by Gasteiger charge is 2.20. The topological polar surface area (TPSA) is 68.9 Å². The first kappa shape index (κ1) is 27.1. The molecule has 0 unspecified atom stereocenters. The molecule has 5 rings (SSSR count). The molecule has 39 heavy (non-hydrogen) atoms. The molecule has 0 saturated carbocycles. The molecule has 0 aliphatic carbocycles. The Kier molecular flexibility index (Phi) is 7.83. The largest absolute Gasteiger partial charge is 0.325 e. The van der Waals surface area contributed by atoms with Crippen LogP contribution in [0.15, 0.2) is 76.7 Å². The molecule has 0 fully saturated rings. The molecule has 1 N–H and O–H groups in total. The van der Waals surface area contributed by atoms with Gasteiger partial charge in [-0.05, 0) is 86.4 Å². The van der Waals surface area contributed by atoms with E-state index in [1.807, 2.05) is 79.1 Å². The zero-order chi connectivity index (χ0) is 27.7. The summed E-state index contributed by atoms with van der Waals surface area (Å²) in [5.41, 5.74) is 7.09. The second-order valence-corrected chi connectivity index (χ2v) is 11.9. The number of nitrogens with zero attached hydrogens (tertiary/aromatic N) is 3. The van der Waals surface area contributed by atoms with Crippen LogP contribution in [0.2, 0.25) is 0 Å². The molecule has 0 spiro atoms. The Hall–Kier alpha value is -3.53. The molecule has 6 nitrogen and oxygen atoms in total. The molecule has 0 saturated heterocycles. The molecule has 9 heteroatoms. The maximum atomic E-state index is 13.9. The van der Waals surface area contributed by atoms with Crippen LogP contribution >= 0.6 is 35.3 Å². The minimum Gasteiger partial charge on any atom is -0.325 e. The number of aryl methyl sites for hydroxylation is 4. The van der Waals surface area contributed by atoms with Gasteiger partial charge in [-0.15, -0.1) is 0 Å². The number of rotatable bonds is 7. The number of thiazole rings is 1. The van der Waals surface area contributed by atoms with Crippen LogP contribution in [0.3, 0.4) is 0 Å². The summed E-state index contributed by atoms with van der Waals surface area (Å²) in [7, 11) is 0. The van der Waals surface area contributed by atoms with Crippen LogP contribution in [0.25, 0.3) is 21.7 Å². The van der Waals surface area contributed by atoms with Crippen molar-refractivity contribution in [2.24, 2.45) is 0 Å². The van der Waals surface area contributed by atoms with Crippen LogP contribution in [0.4, 0.5) is 5.69 Å². The van der Waals surface area contributed by atoms with Crippen LogP contribution in [0, 0.1) is 24.7 Å². The number of nitrogens with one attached hydrogen (secondary N) is 1. The third kappa shape index (κ3) is 5.48. The van der Waals surface area contributed by atoms with E-state index in [4.69, 9.17) is 17.2 Å². The van der Waals surface area contributed by atoms with E-state index in [1.165, 1.54) is 28.7 Å². The molecule has 0 aliphatic rings. The number of carbonyl (C=O) groups is 1. The van der Waals surface area contributed by atoms with E-state index in [1.54, 1.807) is 4.57 Å². The van der Waals surface area contributed by atoms with Gasteiger partial charge in [0, 0.05) is 11.4 Å². The van der Waals surface area contributed by atoms with Crippen molar-refractivity contribution < 1.29 is 4.79 Å². The molecule has 0 radical (unpaired) electrons. The van der Waals surface area contributed by atoms with E-state index in [2.05, 4.69) is 25.2 Å². The highest BCUT2D eigenvalue weighted by molar-refractivity contribution is 7.99. The second-order valence-electron chi connectivity index (χ2n) is 9.34. The van der Waals surface area contributed by atoms with Gasteiger partial charge in [-0.3, -0.25) is 18.7 Å². The smallest absolute Gasteiger partial charge is 0.278 e. The molecule has 2 heterocycles. The number of amides is 1. The summed E-state index contributed by atoms with van der Waals surface area (Å²) in [6, 6.07) is 21.5. The van der Waals surface area contributed by atoms with Crippen LogP contribution in [-0.4, -0.2) is 25.8 Å². The fraction of sp³-hybridized carbons (Fsp3) is 0.200. The van der Waals surface area contributed by atoms with Crippen LogP contribution in [-0.2, 0) is 11.2 Å². The van der Waals surface area contributed by atoms with Crippen molar-refractivity contribution in [3.63, 3.8) is 0 Å². The summed E-state index contributed by atoms with van der Waals surface area (Å²) >= 11 is 8.20. The van der Waals surface area contributed by atoms with Crippen LogP contribution in [0.1, 0.15) is 29.2 Å². The van der Waals surface area contributed by atoms with Gasteiger partial charge < -0.3 is 5.32 Å². The highest BCUT2D eigenvalue weighted by atomic mass is 32.2. The van der Waals surface area contributed by atoms with Crippen LogP contribution < -0.4 is 10.9 Å². The second kappa shape index (κ2) is 11.3. The number of aromatic nitrogens is 3. The number of hydrogen-bond acceptors (Lipinski definition) is 6. The van der Waals surface area contributed by atoms with E-state index in [0.29, 0.717) is 25.1 Å². The Morgan fingerprint density at radius 2 is 1.69 bits per heavy atom. The van der Waals surface area contributed by atoms with E-state index >= 15 is 0 Å². The molecular formula is C30H28N4O2S3. The quantitative estimate of drug-likeness (QED) is 0.127. The monoisotopic (exact) mass is 572 g/mol. The highest BCUT2D eigenvalue weighted by Crippen LogP contribution is 2.28.